The summed E-state index contributed by atoms with van der Waals surface area (Å²) in [5, 5.41) is 1.96. The molecule has 4 rings (SSSR count). The first-order valence-corrected chi connectivity index (χ1v) is 8.13. The zero-order valence-electron chi connectivity index (χ0n) is 12.3. The number of nitrogens with zero attached hydrogens (tertiary/aromatic N) is 1. The normalized spacial score (nSPS) is 12.1. The van der Waals surface area contributed by atoms with E-state index in [1.54, 1.807) is 19.1 Å². The van der Waals surface area contributed by atoms with Crippen molar-refractivity contribution in [2.75, 3.05) is 0 Å². The molecule has 0 aliphatic carbocycles. The molecule has 0 bridgehead atoms. The molecule has 0 saturated carbocycles. The zero-order chi connectivity index (χ0) is 16.0. The van der Waals surface area contributed by atoms with Crippen molar-refractivity contribution in [2.45, 2.75) is 13.3 Å². The fourth-order valence-electron chi connectivity index (χ4n) is 2.70. The summed E-state index contributed by atoms with van der Waals surface area (Å²) in [5.74, 6) is 0.157. The molecular formula is C18H12NO3S. The average Bonchev–Trinajstić information content (AvgIpc) is 3.24. The Labute approximate surface area is 136 Å². The number of hydrogen-bond acceptors (Lipinski definition) is 4. The summed E-state index contributed by atoms with van der Waals surface area (Å²) < 4.78 is 7.15. The highest BCUT2D eigenvalue weighted by Gasteiger charge is 2.30. The third kappa shape index (κ3) is 2.12. The third-order valence-electron chi connectivity index (χ3n) is 3.79. The van der Waals surface area contributed by atoms with Crippen LogP contribution in [-0.4, -0.2) is 16.3 Å². The molecule has 0 fully saturated rings. The molecule has 0 saturated heterocycles. The van der Waals surface area contributed by atoms with Gasteiger partial charge in [-0.2, -0.15) is 0 Å². The highest BCUT2D eigenvalue weighted by Crippen LogP contribution is 2.41. The number of esters is 1. The highest BCUT2D eigenvalue weighted by atomic mass is 32.1. The van der Waals surface area contributed by atoms with E-state index >= 15 is 0 Å². The van der Waals surface area contributed by atoms with Crippen molar-refractivity contribution in [3.05, 3.63) is 58.5 Å². The summed E-state index contributed by atoms with van der Waals surface area (Å²) >= 11 is 1.44. The molecule has 1 radical (unpaired) electrons. The molecule has 3 aromatic rings. The second kappa shape index (κ2) is 5.21. The average molecular weight is 322 g/mol. The van der Waals surface area contributed by atoms with Gasteiger partial charge >= 0.3 is 5.97 Å². The lowest BCUT2D eigenvalue weighted by molar-refractivity contribution is -0.134. The summed E-state index contributed by atoms with van der Waals surface area (Å²) in [6.45, 7) is 1.75. The molecule has 2 aromatic heterocycles. The van der Waals surface area contributed by atoms with E-state index in [0.29, 0.717) is 17.9 Å². The largest absolute Gasteiger partial charge is 0.426 e. The van der Waals surface area contributed by atoms with E-state index in [2.05, 4.69) is 6.07 Å². The van der Waals surface area contributed by atoms with Crippen LogP contribution in [0.3, 0.4) is 0 Å². The van der Waals surface area contributed by atoms with Crippen LogP contribution in [0.5, 0.6) is 5.75 Å². The standard InChI is InChI=1S/C18H12NO3S/c1-2-15(20)22-12-6-3-5-11(9-12)13-10-23-18-16(13)19-8-4-7-14(19)17(18)21/h3-5,7-10H,2H2,1H3. The molecule has 0 amide bonds. The number of aromatic nitrogens is 1. The molecule has 0 spiro atoms. The van der Waals surface area contributed by atoms with Gasteiger partial charge in [0.15, 0.2) is 0 Å². The number of fused-ring (bicyclic) bond motifs is 3. The number of carbonyl (C=O) groups is 2. The van der Waals surface area contributed by atoms with Gasteiger partial charge in [0, 0.05) is 29.6 Å². The number of hydrogen-bond donors (Lipinski definition) is 0. The molecule has 3 heterocycles. The van der Waals surface area contributed by atoms with Gasteiger partial charge in [0.05, 0.1) is 11.4 Å². The third-order valence-corrected chi connectivity index (χ3v) is 4.76. The molecule has 0 atom stereocenters. The first-order chi connectivity index (χ1) is 11.2. The first-order valence-electron chi connectivity index (χ1n) is 7.25. The predicted octanol–water partition coefficient (Wildman–Crippen LogP) is 3.87. The van der Waals surface area contributed by atoms with E-state index in [0.717, 1.165) is 21.7 Å². The minimum Gasteiger partial charge on any atom is -0.426 e. The Balaban J connectivity index is 1.80. The van der Waals surface area contributed by atoms with Crippen molar-refractivity contribution in [3.63, 3.8) is 0 Å². The van der Waals surface area contributed by atoms with E-state index in [1.165, 1.54) is 11.3 Å². The summed E-state index contributed by atoms with van der Waals surface area (Å²) in [7, 11) is 0. The quantitative estimate of drug-likeness (QED) is 0.425. The van der Waals surface area contributed by atoms with Gasteiger partial charge in [0.25, 0.3) is 0 Å². The Morgan fingerprint density at radius 1 is 1.39 bits per heavy atom. The molecule has 1 aliphatic heterocycles. The highest BCUT2D eigenvalue weighted by molar-refractivity contribution is 7.13. The van der Waals surface area contributed by atoms with Gasteiger partial charge in [-0.05, 0) is 29.8 Å². The van der Waals surface area contributed by atoms with Gasteiger partial charge in [0.1, 0.15) is 10.6 Å². The summed E-state index contributed by atoms with van der Waals surface area (Å²) in [4.78, 5) is 24.6. The minimum absolute atomic E-state index is 0.0568. The molecule has 5 heteroatoms. The number of ether oxygens (including phenoxy) is 1. The van der Waals surface area contributed by atoms with E-state index in [-0.39, 0.29) is 11.8 Å². The lowest BCUT2D eigenvalue weighted by atomic mass is 10.1. The van der Waals surface area contributed by atoms with Crippen molar-refractivity contribution >= 4 is 23.1 Å². The summed E-state index contributed by atoms with van der Waals surface area (Å²) in [5.41, 5.74) is 3.44. The molecule has 4 nitrogen and oxygen atoms in total. The zero-order valence-corrected chi connectivity index (χ0v) is 13.1. The van der Waals surface area contributed by atoms with Crippen molar-refractivity contribution in [3.8, 4) is 22.6 Å². The summed E-state index contributed by atoms with van der Waals surface area (Å²) in [6.07, 6.45) is 2.20. The number of benzene rings is 1. The fraction of sp³-hybridized carbons (Fsp3) is 0.111. The van der Waals surface area contributed by atoms with Crippen LogP contribution in [0.2, 0.25) is 0 Å². The molecular weight excluding hydrogens is 310 g/mol. The summed E-state index contributed by atoms with van der Waals surface area (Å²) in [6, 6.07) is 12.0. The van der Waals surface area contributed by atoms with Crippen molar-refractivity contribution in [1.29, 1.82) is 0 Å². The van der Waals surface area contributed by atoms with E-state index in [1.807, 2.05) is 34.3 Å². The monoisotopic (exact) mass is 322 g/mol. The van der Waals surface area contributed by atoms with Crippen LogP contribution in [0, 0.1) is 6.07 Å². The lowest BCUT2D eigenvalue weighted by Crippen LogP contribution is -2.05. The number of ketones is 1. The molecule has 1 aromatic carbocycles. The van der Waals surface area contributed by atoms with Crippen LogP contribution in [0.4, 0.5) is 0 Å². The first kappa shape index (κ1) is 14.0. The predicted molar refractivity (Wildman–Crippen MR) is 87.3 cm³/mol. The van der Waals surface area contributed by atoms with Gasteiger partial charge < -0.3 is 9.30 Å². The van der Waals surface area contributed by atoms with Gasteiger partial charge in [0.2, 0.25) is 5.78 Å². The minimum atomic E-state index is -0.295. The maximum Gasteiger partial charge on any atom is 0.310 e. The fourth-order valence-corrected chi connectivity index (χ4v) is 3.71. The van der Waals surface area contributed by atoms with Crippen LogP contribution in [0.1, 0.15) is 28.7 Å². The van der Waals surface area contributed by atoms with Gasteiger partial charge in [-0.3, -0.25) is 9.59 Å². The maximum atomic E-state index is 12.4. The molecule has 0 N–H and O–H groups in total. The smallest absolute Gasteiger partial charge is 0.310 e. The Kier molecular flexibility index (Phi) is 3.16. The molecule has 23 heavy (non-hydrogen) atoms. The molecule has 1 aliphatic rings. The Morgan fingerprint density at radius 3 is 3.09 bits per heavy atom. The van der Waals surface area contributed by atoms with Crippen LogP contribution in [0.25, 0.3) is 16.8 Å². The topological polar surface area (TPSA) is 48.3 Å². The van der Waals surface area contributed by atoms with Crippen LogP contribution < -0.4 is 4.74 Å². The van der Waals surface area contributed by atoms with Gasteiger partial charge in [-0.1, -0.05) is 13.0 Å². The van der Waals surface area contributed by atoms with Crippen LogP contribution >= 0.6 is 11.3 Å². The molecule has 113 valence electrons. The van der Waals surface area contributed by atoms with E-state index in [9.17, 15) is 9.59 Å². The van der Waals surface area contributed by atoms with E-state index < -0.39 is 0 Å². The number of carbonyl (C=O) groups excluding carboxylic acids is 2. The Bertz CT molecular complexity index is 935. The SMILES string of the molecule is CCC(=O)Oc1[c]ccc(-c2csc3c2-n2cccc2C3=O)c1. The van der Waals surface area contributed by atoms with E-state index in [4.69, 9.17) is 4.74 Å². The lowest BCUT2D eigenvalue weighted by Gasteiger charge is -2.07. The van der Waals surface area contributed by atoms with Crippen molar-refractivity contribution < 1.29 is 14.3 Å². The molecule has 0 unspecified atom stereocenters. The van der Waals surface area contributed by atoms with Crippen LogP contribution in [-0.2, 0) is 4.79 Å². The van der Waals surface area contributed by atoms with Gasteiger partial charge in [-0.25, -0.2) is 0 Å². The van der Waals surface area contributed by atoms with Crippen molar-refractivity contribution in [2.24, 2.45) is 0 Å². The van der Waals surface area contributed by atoms with Crippen LogP contribution in [0.15, 0.2) is 41.9 Å². The number of rotatable bonds is 3. The van der Waals surface area contributed by atoms with Crippen molar-refractivity contribution in [1.82, 2.24) is 4.57 Å². The second-order valence-electron chi connectivity index (χ2n) is 5.19. The second-order valence-corrected chi connectivity index (χ2v) is 6.07. The maximum absolute atomic E-state index is 12.4. The Hall–Kier alpha value is -2.66. The van der Waals surface area contributed by atoms with Gasteiger partial charge in [-0.15, -0.1) is 11.3 Å². The number of thiophene rings is 1. The Morgan fingerprint density at radius 2 is 2.26 bits per heavy atom.